The van der Waals surface area contributed by atoms with Gasteiger partial charge in [0.05, 0.1) is 0 Å². The van der Waals surface area contributed by atoms with Gasteiger partial charge in [-0.2, -0.15) is 0 Å². The van der Waals surface area contributed by atoms with Gasteiger partial charge in [0.15, 0.2) is 0 Å². The smallest absolute Gasteiger partial charge is 0.251 e. The number of hydrogen-bond acceptors (Lipinski definition) is 1. The first-order valence-corrected chi connectivity index (χ1v) is 10.2. The summed E-state index contributed by atoms with van der Waals surface area (Å²) in [6, 6.07) is 4.89. The number of benzene rings is 1. The maximum Gasteiger partial charge on any atom is 0.251 e. The van der Waals surface area contributed by atoms with Crippen LogP contribution in [0.15, 0.2) is 18.2 Å². The Morgan fingerprint density at radius 1 is 1.00 bits per heavy atom. The van der Waals surface area contributed by atoms with Gasteiger partial charge in [0.1, 0.15) is 0 Å². The molecule has 4 saturated carbocycles. The average molecular weight is 335 g/mol. The highest BCUT2D eigenvalue weighted by Gasteiger charge is 2.48. The van der Waals surface area contributed by atoms with Crippen molar-refractivity contribution in [2.45, 2.75) is 64.8 Å². The van der Waals surface area contributed by atoms with E-state index in [2.05, 4.69) is 37.4 Å². The molecule has 0 aromatic heterocycles. The Bertz CT molecular complexity index is 732. The molecule has 0 atom stereocenters. The fraction of sp³-hybridized carbons (Fsp3) is 0.609. The third-order valence-corrected chi connectivity index (χ3v) is 7.42. The molecule has 0 spiro atoms. The molecular formula is C23H29NO. The summed E-state index contributed by atoms with van der Waals surface area (Å²) in [6.45, 7) is 4.32. The minimum absolute atomic E-state index is 0.184. The molecule has 1 N–H and O–H groups in total. The monoisotopic (exact) mass is 335 g/mol. The Labute approximate surface area is 151 Å². The Morgan fingerprint density at radius 2 is 1.68 bits per heavy atom. The Balaban J connectivity index is 1.40. The first-order chi connectivity index (χ1) is 12.1. The van der Waals surface area contributed by atoms with Crippen molar-refractivity contribution in [3.63, 3.8) is 0 Å². The lowest BCUT2D eigenvalue weighted by atomic mass is 9.54. The molecule has 5 aliphatic carbocycles. The van der Waals surface area contributed by atoms with Crippen molar-refractivity contribution in [3.05, 3.63) is 40.5 Å². The van der Waals surface area contributed by atoms with Crippen LogP contribution in [0.25, 0.3) is 5.57 Å². The van der Waals surface area contributed by atoms with Crippen LogP contribution in [0.5, 0.6) is 0 Å². The average Bonchev–Trinajstić information content (AvgIpc) is 2.56. The highest BCUT2D eigenvalue weighted by Crippen LogP contribution is 2.53. The minimum atomic E-state index is 0.184. The van der Waals surface area contributed by atoms with Crippen molar-refractivity contribution in [2.24, 2.45) is 23.7 Å². The molecule has 4 fully saturated rings. The molecule has 0 aliphatic heterocycles. The van der Waals surface area contributed by atoms with Crippen LogP contribution in [-0.4, -0.2) is 11.9 Å². The van der Waals surface area contributed by atoms with E-state index in [1.165, 1.54) is 54.4 Å². The predicted octanol–water partition coefficient (Wildman–Crippen LogP) is 4.57. The Hall–Kier alpha value is -1.57. The van der Waals surface area contributed by atoms with Crippen LogP contribution in [0.1, 0.15) is 60.8 Å². The van der Waals surface area contributed by atoms with Crippen LogP contribution >= 0.6 is 0 Å². The van der Waals surface area contributed by atoms with Crippen LogP contribution in [-0.2, 0) is 11.2 Å². The predicted molar refractivity (Wildman–Crippen MR) is 101 cm³/mol. The van der Waals surface area contributed by atoms with Crippen LogP contribution in [0.4, 0.5) is 0 Å². The van der Waals surface area contributed by atoms with Crippen molar-refractivity contribution < 1.29 is 4.79 Å². The van der Waals surface area contributed by atoms with Crippen molar-refractivity contribution in [1.29, 1.82) is 0 Å². The molecule has 2 heteroatoms. The highest BCUT2D eigenvalue weighted by atomic mass is 16.1. The first kappa shape index (κ1) is 15.7. The zero-order valence-corrected chi connectivity index (χ0v) is 15.5. The molecule has 5 aliphatic rings. The fourth-order valence-corrected chi connectivity index (χ4v) is 6.65. The summed E-state index contributed by atoms with van der Waals surface area (Å²) in [5.41, 5.74) is 6.09. The maximum atomic E-state index is 13.2. The van der Waals surface area contributed by atoms with E-state index >= 15 is 0 Å². The summed E-state index contributed by atoms with van der Waals surface area (Å²) >= 11 is 0. The molecule has 0 unspecified atom stereocenters. The summed E-state index contributed by atoms with van der Waals surface area (Å²) in [6.07, 6.45) is 11.1. The van der Waals surface area contributed by atoms with Crippen molar-refractivity contribution in [3.8, 4) is 0 Å². The molecule has 25 heavy (non-hydrogen) atoms. The third kappa shape index (κ3) is 2.56. The lowest BCUT2D eigenvalue weighted by Crippen LogP contribution is -2.56. The van der Waals surface area contributed by atoms with E-state index in [4.69, 9.17) is 0 Å². The van der Waals surface area contributed by atoms with Gasteiger partial charge in [-0.3, -0.25) is 4.79 Å². The van der Waals surface area contributed by atoms with Gasteiger partial charge in [-0.1, -0.05) is 23.8 Å². The van der Waals surface area contributed by atoms with E-state index < -0.39 is 0 Å². The number of carbonyl (C=O) groups is 1. The number of fused-ring (bicyclic) bond motifs is 1. The second-order valence-corrected chi connectivity index (χ2v) is 9.19. The second-order valence-electron chi connectivity index (χ2n) is 9.19. The van der Waals surface area contributed by atoms with Gasteiger partial charge < -0.3 is 5.32 Å². The zero-order valence-electron chi connectivity index (χ0n) is 15.5. The van der Waals surface area contributed by atoms with E-state index in [0.29, 0.717) is 6.04 Å². The van der Waals surface area contributed by atoms with Gasteiger partial charge in [0, 0.05) is 11.6 Å². The summed E-state index contributed by atoms with van der Waals surface area (Å²) in [4.78, 5) is 13.2. The minimum Gasteiger partial charge on any atom is -0.349 e. The molecule has 2 nitrogen and oxygen atoms in total. The number of rotatable bonds is 2. The molecule has 1 amide bonds. The summed E-state index contributed by atoms with van der Waals surface area (Å²) in [7, 11) is 0. The first-order valence-electron chi connectivity index (χ1n) is 10.2. The van der Waals surface area contributed by atoms with Gasteiger partial charge in [0.25, 0.3) is 5.91 Å². The molecule has 0 saturated heterocycles. The standard InChI is InChI=1S/C23H29NO/c1-13-6-14(2)19-4-3-5-20(21(19)7-13)23(25)24-22-17-9-15-8-16(11-17)12-18(22)10-15/h5-7,15-18,22H,3-4,8-12H2,1-2H3,(H,24,25). The fourth-order valence-electron chi connectivity index (χ4n) is 6.65. The number of allylic oxidation sites excluding steroid dienone is 1. The number of hydrogen-bond donors (Lipinski definition) is 1. The van der Waals surface area contributed by atoms with Crippen molar-refractivity contribution in [1.82, 2.24) is 5.32 Å². The summed E-state index contributed by atoms with van der Waals surface area (Å²) < 4.78 is 0. The molecule has 1 aromatic rings. The van der Waals surface area contributed by atoms with Crippen LogP contribution in [0.3, 0.4) is 0 Å². The summed E-state index contributed by atoms with van der Waals surface area (Å²) in [5.74, 6) is 3.57. The van der Waals surface area contributed by atoms with Gasteiger partial charge >= 0.3 is 0 Å². The van der Waals surface area contributed by atoms with Crippen LogP contribution in [0.2, 0.25) is 0 Å². The van der Waals surface area contributed by atoms with Crippen LogP contribution in [0, 0.1) is 37.5 Å². The van der Waals surface area contributed by atoms with Gasteiger partial charge in [0.2, 0.25) is 0 Å². The lowest BCUT2D eigenvalue weighted by molar-refractivity contribution is -0.119. The molecule has 0 radical (unpaired) electrons. The molecule has 4 bridgehead atoms. The number of amides is 1. The summed E-state index contributed by atoms with van der Waals surface area (Å²) in [5, 5.41) is 3.50. The molecular weight excluding hydrogens is 306 g/mol. The van der Waals surface area contributed by atoms with Gasteiger partial charge in [-0.15, -0.1) is 0 Å². The normalized spacial score (nSPS) is 35.3. The van der Waals surface area contributed by atoms with Gasteiger partial charge in [-0.05, 0) is 99.2 Å². The number of carbonyl (C=O) groups excluding carboxylic acids is 1. The topological polar surface area (TPSA) is 29.1 Å². The van der Waals surface area contributed by atoms with E-state index in [1.54, 1.807) is 0 Å². The molecule has 132 valence electrons. The van der Waals surface area contributed by atoms with E-state index in [0.717, 1.165) is 42.1 Å². The maximum absolute atomic E-state index is 13.2. The number of aryl methyl sites for hydroxylation is 2. The SMILES string of the molecule is Cc1cc(C)c2c(c1)C(C(=O)NC1C3CC4CC(C3)CC1C4)=CCC2. The molecule has 1 aromatic carbocycles. The second kappa shape index (κ2) is 5.72. The largest absolute Gasteiger partial charge is 0.349 e. The van der Waals surface area contributed by atoms with E-state index in [-0.39, 0.29) is 5.91 Å². The van der Waals surface area contributed by atoms with E-state index in [9.17, 15) is 4.79 Å². The van der Waals surface area contributed by atoms with Crippen LogP contribution < -0.4 is 5.32 Å². The molecule has 6 rings (SSSR count). The Morgan fingerprint density at radius 3 is 2.36 bits per heavy atom. The quantitative estimate of drug-likeness (QED) is 0.842. The highest BCUT2D eigenvalue weighted by molar-refractivity contribution is 6.20. The lowest BCUT2D eigenvalue weighted by Gasteiger charge is -2.54. The zero-order chi connectivity index (χ0) is 17.1. The van der Waals surface area contributed by atoms with Crippen molar-refractivity contribution in [2.75, 3.05) is 0 Å². The van der Waals surface area contributed by atoms with Crippen molar-refractivity contribution >= 4 is 11.5 Å². The Kier molecular flexibility index (Phi) is 3.59. The third-order valence-electron chi connectivity index (χ3n) is 7.42. The van der Waals surface area contributed by atoms with Gasteiger partial charge in [-0.25, -0.2) is 0 Å². The molecule has 0 heterocycles. The van der Waals surface area contributed by atoms with E-state index in [1.807, 2.05) is 0 Å². The number of nitrogens with one attached hydrogen (secondary N) is 1.